The van der Waals surface area contributed by atoms with Gasteiger partial charge in [-0.2, -0.15) is 0 Å². The molecule has 0 amide bonds. The molecule has 1 heterocycles. The second-order valence-corrected chi connectivity index (χ2v) is 5.63. The molecule has 0 aromatic heterocycles. The van der Waals surface area contributed by atoms with Gasteiger partial charge in [0.15, 0.2) is 0 Å². The van der Waals surface area contributed by atoms with Crippen LogP contribution < -0.4 is 0 Å². The van der Waals surface area contributed by atoms with Crippen molar-refractivity contribution in [2.24, 2.45) is 0 Å². The first-order valence-electron chi connectivity index (χ1n) is 7.11. The fraction of sp³-hybridized carbons (Fsp3) is 0.294. The molecular weight excluding hydrogens is 286 g/mol. The van der Waals surface area contributed by atoms with Crippen molar-refractivity contribution >= 4 is 11.6 Å². The zero-order valence-corrected chi connectivity index (χ0v) is 12.5. The molecule has 1 N–H and O–H groups in total. The van der Waals surface area contributed by atoms with Gasteiger partial charge in [-0.1, -0.05) is 41.9 Å². The zero-order valence-electron chi connectivity index (χ0n) is 11.8. The van der Waals surface area contributed by atoms with Crippen molar-refractivity contribution in [2.75, 3.05) is 26.3 Å². The summed E-state index contributed by atoms with van der Waals surface area (Å²) in [5.41, 5.74) is 2.99. The number of hydrogen-bond acceptors (Lipinski definition) is 3. The van der Waals surface area contributed by atoms with Gasteiger partial charge in [0.05, 0.1) is 18.2 Å². The highest BCUT2D eigenvalue weighted by molar-refractivity contribution is 6.32. The smallest absolute Gasteiger partial charge is 0.138 e. The van der Waals surface area contributed by atoms with Crippen LogP contribution in [0.4, 0.5) is 0 Å². The van der Waals surface area contributed by atoms with Gasteiger partial charge in [0.2, 0.25) is 0 Å². The van der Waals surface area contributed by atoms with E-state index < -0.39 is 0 Å². The van der Waals surface area contributed by atoms with Gasteiger partial charge in [0.1, 0.15) is 5.75 Å². The third-order valence-corrected chi connectivity index (χ3v) is 4.04. The average Bonchev–Trinajstić information content (AvgIpc) is 2.53. The number of benzene rings is 2. The Balaban J connectivity index is 1.90. The lowest BCUT2D eigenvalue weighted by Gasteiger charge is -2.27. The van der Waals surface area contributed by atoms with E-state index in [2.05, 4.69) is 4.90 Å². The summed E-state index contributed by atoms with van der Waals surface area (Å²) < 4.78 is 5.35. The number of nitrogens with zero attached hydrogens (tertiary/aromatic N) is 1. The van der Waals surface area contributed by atoms with Crippen LogP contribution in [0, 0.1) is 0 Å². The maximum atomic E-state index is 10.2. The quantitative estimate of drug-likeness (QED) is 0.941. The van der Waals surface area contributed by atoms with Crippen LogP contribution in [0.3, 0.4) is 0 Å². The summed E-state index contributed by atoms with van der Waals surface area (Å²) in [6.45, 7) is 3.94. The molecule has 3 nitrogen and oxygen atoms in total. The van der Waals surface area contributed by atoms with E-state index in [9.17, 15) is 5.11 Å². The molecule has 2 aromatic rings. The monoisotopic (exact) mass is 303 g/mol. The summed E-state index contributed by atoms with van der Waals surface area (Å²) in [6.07, 6.45) is 0. The Morgan fingerprint density at radius 1 is 1.05 bits per heavy atom. The van der Waals surface area contributed by atoms with Gasteiger partial charge < -0.3 is 9.84 Å². The normalized spacial score (nSPS) is 16.0. The zero-order chi connectivity index (χ0) is 14.7. The average molecular weight is 304 g/mol. The van der Waals surface area contributed by atoms with Crippen LogP contribution >= 0.6 is 11.6 Å². The van der Waals surface area contributed by atoms with Crippen LogP contribution in [0.2, 0.25) is 5.02 Å². The Morgan fingerprint density at radius 3 is 2.48 bits per heavy atom. The number of morpholine rings is 1. The number of halogens is 1. The molecule has 0 bridgehead atoms. The number of rotatable bonds is 3. The second-order valence-electron chi connectivity index (χ2n) is 5.22. The van der Waals surface area contributed by atoms with Crippen molar-refractivity contribution in [1.29, 1.82) is 0 Å². The topological polar surface area (TPSA) is 32.7 Å². The highest BCUT2D eigenvalue weighted by Gasteiger charge is 2.15. The van der Waals surface area contributed by atoms with E-state index in [1.807, 2.05) is 42.5 Å². The molecule has 1 saturated heterocycles. The molecule has 110 valence electrons. The predicted molar refractivity (Wildman–Crippen MR) is 84.6 cm³/mol. The second kappa shape index (κ2) is 6.48. The fourth-order valence-corrected chi connectivity index (χ4v) is 2.81. The molecular formula is C17H18ClNO2. The van der Waals surface area contributed by atoms with Crippen molar-refractivity contribution in [2.45, 2.75) is 6.54 Å². The first-order chi connectivity index (χ1) is 10.2. The van der Waals surface area contributed by atoms with E-state index in [1.165, 1.54) is 0 Å². The van der Waals surface area contributed by atoms with Crippen LogP contribution in [0.5, 0.6) is 5.75 Å². The molecule has 1 aliphatic rings. The predicted octanol–water partition coefficient (Wildman–Crippen LogP) is 3.54. The third-order valence-electron chi connectivity index (χ3n) is 3.75. The van der Waals surface area contributed by atoms with Crippen molar-refractivity contribution < 1.29 is 9.84 Å². The van der Waals surface area contributed by atoms with Crippen LogP contribution in [-0.4, -0.2) is 36.3 Å². The number of ether oxygens (including phenoxy) is 1. The number of phenols is 1. The standard InChI is InChI=1S/C17H18ClNO2/c18-16-11-14(13-4-2-1-3-5-13)10-15(17(16)20)12-19-6-8-21-9-7-19/h1-5,10-11,20H,6-9,12H2. The third kappa shape index (κ3) is 3.38. The van der Waals surface area contributed by atoms with Crippen LogP contribution in [-0.2, 0) is 11.3 Å². The van der Waals surface area contributed by atoms with Gasteiger partial charge in [-0.25, -0.2) is 0 Å². The summed E-state index contributed by atoms with van der Waals surface area (Å²) in [6, 6.07) is 13.9. The summed E-state index contributed by atoms with van der Waals surface area (Å²) in [5, 5.41) is 10.6. The van der Waals surface area contributed by atoms with Crippen LogP contribution in [0.15, 0.2) is 42.5 Å². The van der Waals surface area contributed by atoms with Gasteiger partial charge in [0, 0.05) is 25.2 Å². The molecule has 0 spiro atoms. The molecule has 0 aliphatic carbocycles. The van der Waals surface area contributed by atoms with Crippen molar-refractivity contribution in [3.05, 3.63) is 53.1 Å². The fourth-order valence-electron chi connectivity index (χ4n) is 2.57. The Bertz CT molecular complexity index is 610. The highest BCUT2D eigenvalue weighted by Crippen LogP contribution is 2.34. The van der Waals surface area contributed by atoms with Crippen LogP contribution in [0.1, 0.15) is 5.56 Å². The molecule has 1 aliphatic heterocycles. The maximum absolute atomic E-state index is 10.2. The molecule has 21 heavy (non-hydrogen) atoms. The van der Waals surface area contributed by atoms with Gasteiger partial charge in [-0.3, -0.25) is 4.90 Å². The number of aromatic hydroxyl groups is 1. The SMILES string of the molecule is Oc1c(Cl)cc(-c2ccccc2)cc1CN1CCOCC1. The molecule has 3 rings (SSSR count). The van der Waals surface area contributed by atoms with Gasteiger partial charge in [-0.05, 0) is 23.3 Å². The Morgan fingerprint density at radius 2 is 1.76 bits per heavy atom. The lowest BCUT2D eigenvalue weighted by atomic mass is 10.0. The van der Waals surface area contributed by atoms with Gasteiger partial charge >= 0.3 is 0 Å². The van der Waals surface area contributed by atoms with E-state index in [-0.39, 0.29) is 5.75 Å². The summed E-state index contributed by atoms with van der Waals surface area (Å²) >= 11 is 6.19. The lowest BCUT2D eigenvalue weighted by Crippen LogP contribution is -2.35. The van der Waals surface area contributed by atoms with E-state index in [4.69, 9.17) is 16.3 Å². The summed E-state index contributed by atoms with van der Waals surface area (Å²) in [4.78, 5) is 2.27. The highest BCUT2D eigenvalue weighted by atomic mass is 35.5. The van der Waals surface area contributed by atoms with E-state index in [1.54, 1.807) is 0 Å². The van der Waals surface area contributed by atoms with Crippen molar-refractivity contribution in [3.8, 4) is 16.9 Å². The largest absolute Gasteiger partial charge is 0.506 e. The molecule has 0 unspecified atom stereocenters. The molecule has 0 atom stereocenters. The van der Waals surface area contributed by atoms with E-state index in [0.717, 1.165) is 43.0 Å². The lowest BCUT2D eigenvalue weighted by molar-refractivity contribution is 0.0339. The van der Waals surface area contributed by atoms with Gasteiger partial charge in [0.25, 0.3) is 0 Å². The summed E-state index contributed by atoms with van der Waals surface area (Å²) in [7, 11) is 0. The van der Waals surface area contributed by atoms with Crippen molar-refractivity contribution in [1.82, 2.24) is 4.90 Å². The van der Waals surface area contributed by atoms with Crippen LogP contribution in [0.25, 0.3) is 11.1 Å². The molecule has 1 fully saturated rings. The minimum Gasteiger partial charge on any atom is -0.506 e. The minimum atomic E-state index is 0.183. The van der Waals surface area contributed by atoms with Crippen molar-refractivity contribution in [3.63, 3.8) is 0 Å². The summed E-state index contributed by atoms with van der Waals surface area (Å²) in [5.74, 6) is 0.183. The molecule has 4 heteroatoms. The van der Waals surface area contributed by atoms with Gasteiger partial charge in [-0.15, -0.1) is 0 Å². The Labute approximate surface area is 129 Å². The molecule has 0 saturated carbocycles. The first-order valence-corrected chi connectivity index (χ1v) is 7.49. The minimum absolute atomic E-state index is 0.183. The Kier molecular flexibility index (Phi) is 4.44. The molecule has 2 aromatic carbocycles. The molecule has 0 radical (unpaired) electrons. The van der Waals surface area contributed by atoms with E-state index >= 15 is 0 Å². The van der Waals surface area contributed by atoms with E-state index in [0.29, 0.717) is 11.6 Å². The number of phenolic OH excluding ortho intramolecular Hbond substituents is 1. The maximum Gasteiger partial charge on any atom is 0.138 e. The first kappa shape index (κ1) is 14.4. The Hall–Kier alpha value is -1.55. The number of hydrogen-bond donors (Lipinski definition) is 1.